The molecule has 0 bridgehead atoms. The van der Waals surface area contributed by atoms with Crippen molar-refractivity contribution in [2.45, 2.75) is 13.5 Å². The average molecular weight is 631 g/mol. The van der Waals surface area contributed by atoms with Gasteiger partial charge in [-0.15, -0.1) is 0 Å². The molecule has 0 aliphatic rings. The largest absolute Gasteiger partial charge is 0.486 e. The minimum absolute atomic E-state index is 0.385. The van der Waals surface area contributed by atoms with Gasteiger partial charge in [-0.05, 0) is 82.0 Å². The van der Waals surface area contributed by atoms with E-state index in [0.29, 0.717) is 33.1 Å². The van der Waals surface area contributed by atoms with Gasteiger partial charge >= 0.3 is 6.03 Å². The zero-order valence-corrected chi connectivity index (χ0v) is 21.8. The van der Waals surface area contributed by atoms with Crippen molar-refractivity contribution in [3.63, 3.8) is 0 Å². The van der Waals surface area contributed by atoms with Gasteiger partial charge in [0.05, 0.1) is 15.7 Å². The van der Waals surface area contributed by atoms with Crippen LogP contribution in [0.2, 0.25) is 5.02 Å². The zero-order valence-electron chi connectivity index (χ0n) is 16.3. The Kier molecular flexibility index (Phi) is 8.54. The lowest BCUT2D eigenvalue weighted by Crippen LogP contribution is -2.24. The van der Waals surface area contributed by atoms with Gasteiger partial charge in [0.15, 0.2) is 5.75 Å². The Balaban J connectivity index is 1.58. The number of hydrogen-bond donors (Lipinski definition) is 2. The Hall–Kier alpha value is -1.87. The molecule has 160 valence electrons. The Labute approximate surface area is 210 Å². The molecular weight excluding hydrogens is 613 g/mol. The van der Waals surface area contributed by atoms with E-state index < -0.39 is 6.03 Å². The molecule has 0 heterocycles. The number of amides is 2. The molecule has 2 amide bonds. The molecule has 9 heteroatoms. The number of nitrogens with one attached hydrogen (secondary N) is 2. The molecule has 3 aromatic carbocycles. The quantitative estimate of drug-likeness (QED) is 0.217. The number of nitrogens with zero attached hydrogens (tertiary/aromatic N) is 1. The van der Waals surface area contributed by atoms with E-state index in [-0.39, 0.29) is 0 Å². The predicted octanol–water partition coefficient (Wildman–Crippen LogP) is 7.67. The van der Waals surface area contributed by atoms with E-state index in [4.69, 9.17) is 16.3 Å². The topological polar surface area (TPSA) is 62.7 Å². The van der Waals surface area contributed by atoms with Crippen LogP contribution in [-0.4, -0.2) is 12.2 Å². The summed E-state index contributed by atoms with van der Waals surface area (Å²) in [6.45, 7) is 2.33. The van der Waals surface area contributed by atoms with Crippen molar-refractivity contribution in [3.05, 3.63) is 89.7 Å². The molecule has 0 aliphatic carbocycles. The molecule has 0 spiro atoms. The van der Waals surface area contributed by atoms with E-state index in [2.05, 4.69) is 63.6 Å². The molecule has 0 atom stereocenters. The molecular formula is C22H17Br3ClN3O2. The Morgan fingerprint density at radius 2 is 1.81 bits per heavy atom. The van der Waals surface area contributed by atoms with E-state index in [1.165, 1.54) is 6.21 Å². The van der Waals surface area contributed by atoms with Gasteiger partial charge in [0.25, 0.3) is 0 Å². The van der Waals surface area contributed by atoms with Crippen LogP contribution in [-0.2, 0) is 6.61 Å². The van der Waals surface area contributed by atoms with Crippen LogP contribution < -0.4 is 15.5 Å². The number of benzene rings is 3. The molecule has 3 rings (SSSR count). The molecule has 3 aromatic rings. The standard InChI is InChI=1S/C22H17Br3ClN3O2/c1-13-8-17(6-7-18(13)24)28-22(30)29-27-11-15-9-19(25)21(20(26)10-15)31-12-14-2-4-16(23)5-3-14/h2-11H,12H2,1H3,(H2,28,29,30)/b27-11+. The molecule has 0 saturated heterocycles. The summed E-state index contributed by atoms with van der Waals surface area (Å²) in [6.07, 6.45) is 1.50. The summed E-state index contributed by atoms with van der Waals surface area (Å²) in [6, 6.07) is 16.5. The van der Waals surface area contributed by atoms with Gasteiger partial charge in [-0.1, -0.05) is 55.6 Å². The monoisotopic (exact) mass is 627 g/mol. The Morgan fingerprint density at radius 3 is 2.48 bits per heavy atom. The lowest BCUT2D eigenvalue weighted by atomic mass is 10.2. The molecule has 0 aromatic heterocycles. The first kappa shape index (κ1) is 23.8. The van der Waals surface area contributed by atoms with Crippen LogP contribution in [0.15, 0.2) is 73.1 Å². The number of carbonyl (C=O) groups is 1. The molecule has 0 radical (unpaired) electrons. The Morgan fingerprint density at radius 1 is 1.06 bits per heavy atom. The molecule has 0 unspecified atom stereocenters. The Bertz CT molecular complexity index is 1100. The highest BCUT2D eigenvalue weighted by Gasteiger charge is 2.10. The van der Waals surface area contributed by atoms with Gasteiger partial charge < -0.3 is 10.1 Å². The number of rotatable bonds is 6. The van der Waals surface area contributed by atoms with Gasteiger partial charge in [-0.25, -0.2) is 10.2 Å². The number of ether oxygens (including phenoxy) is 1. The molecule has 5 nitrogen and oxygen atoms in total. The fraction of sp³-hybridized carbons (Fsp3) is 0.0909. The number of hydrazone groups is 1. The summed E-state index contributed by atoms with van der Waals surface area (Å²) < 4.78 is 8.53. The zero-order chi connectivity index (χ0) is 22.4. The third-order valence-corrected chi connectivity index (χ3v) is 6.40. The van der Waals surface area contributed by atoms with Crippen LogP contribution in [0, 0.1) is 6.92 Å². The second-order valence-corrected chi connectivity index (χ2v) is 9.55. The fourth-order valence-corrected chi connectivity index (χ4v) is 4.07. The van der Waals surface area contributed by atoms with Crippen molar-refractivity contribution >= 4 is 77.3 Å². The van der Waals surface area contributed by atoms with E-state index in [9.17, 15) is 4.79 Å². The summed E-state index contributed by atoms with van der Waals surface area (Å²) in [4.78, 5) is 12.0. The first-order chi connectivity index (χ1) is 14.8. The van der Waals surface area contributed by atoms with Gasteiger partial charge in [-0.3, -0.25) is 0 Å². The lowest BCUT2D eigenvalue weighted by molar-refractivity contribution is 0.252. The van der Waals surface area contributed by atoms with Gasteiger partial charge in [0, 0.05) is 14.6 Å². The summed E-state index contributed by atoms with van der Waals surface area (Å²) in [5, 5.41) is 7.12. The number of halogens is 4. The van der Waals surface area contributed by atoms with Gasteiger partial charge in [0.1, 0.15) is 6.61 Å². The minimum Gasteiger partial charge on any atom is -0.486 e. The second-order valence-electron chi connectivity index (χ2n) is 6.52. The maximum absolute atomic E-state index is 12.0. The first-order valence-corrected chi connectivity index (χ1v) is 11.8. The number of urea groups is 1. The fourth-order valence-electron chi connectivity index (χ4n) is 2.57. The number of anilines is 1. The average Bonchev–Trinajstić information content (AvgIpc) is 2.71. The number of carbonyl (C=O) groups excluding carboxylic acids is 1. The second kappa shape index (κ2) is 11.1. The maximum atomic E-state index is 12.0. The smallest absolute Gasteiger partial charge is 0.339 e. The molecule has 0 saturated carbocycles. The normalized spacial score (nSPS) is 10.9. The molecule has 0 aliphatic heterocycles. The van der Waals surface area contributed by atoms with E-state index >= 15 is 0 Å². The molecule has 2 N–H and O–H groups in total. The summed E-state index contributed by atoms with van der Waals surface area (Å²) in [5.41, 5.74) is 5.84. The van der Waals surface area contributed by atoms with Crippen molar-refractivity contribution in [2.24, 2.45) is 5.10 Å². The highest BCUT2D eigenvalue weighted by atomic mass is 79.9. The van der Waals surface area contributed by atoms with Crippen molar-refractivity contribution in [3.8, 4) is 5.75 Å². The SMILES string of the molecule is Cc1cc(NC(=O)N/N=C/c2cc(Cl)c(OCc3ccc(Br)cc3)c(Br)c2)ccc1Br. The summed E-state index contributed by atoms with van der Waals surface area (Å²) in [7, 11) is 0. The van der Waals surface area contributed by atoms with Crippen molar-refractivity contribution in [2.75, 3.05) is 5.32 Å². The summed E-state index contributed by atoms with van der Waals surface area (Å²) >= 11 is 16.7. The van der Waals surface area contributed by atoms with E-state index in [0.717, 1.165) is 20.1 Å². The van der Waals surface area contributed by atoms with Crippen molar-refractivity contribution < 1.29 is 9.53 Å². The summed E-state index contributed by atoms with van der Waals surface area (Å²) in [5.74, 6) is 0.540. The minimum atomic E-state index is -0.447. The van der Waals surface area contributed by atoms with E-state index in [1.54, 1.807) is 12.1 Å². The van der Waals surface area contributed by atoms with Crippen molar-refractivity contribution in [1.82, 2.24) is 5.43 Å². The van der Waals surface area contributed by atoms with Crippen molar-refractivity contribution in [1.29, 1.82) is 0 Å². The van der Waals surface area contributed by atoms with E-state index in [1.807, 2.05) is 49.4 Å². The number of aryl methyl sites for hydroxylation is 1. The van der Waals surface area contributed by atoms with Crippen LogP contribution >= 0.6 is 59.4 Å². The van der Waals surface area contributed by atoms with Crippen LogP contribution in [0.1, 0.15) is 16.7 Å². The highest BCUT2D eigenvalue weighted by Crippen LogP contribution is 2.34. The van der Waals surface area contributed by atoms with Crippen LogP contribution in [0.3, 0.4) is 0 Å². The first-order valence-electron chi connectivity index (χ1n) is 9.04. The highest BCUT2D eigenvalue weighted by molar-refractivity contribution is 9.11. The third-order valence-electron chi connectivity index (χ3n) is 4.11. The van der Waals surface area contributed by atoms with Gasteiger partial charge in [-0.2, -0.15) is 5.10 Å². The van der Waals surface area contributed by atoms with Crippen LogP contribution in [0.25, 0.3) is 0 Å². The molecule has 0 fully saturated rings. The lowest BCUT2D eigenvalue weighted by Gasteiger charge is -2.11. The van der Waals surface area contributed by atoms with Crippen LogP contribution in [0.5, 0.6) is 5.75 Å². The maximum Gasteiger partial charge on any atom is 0.339 e. The predicted molar refractivity (Wildman–Crippen MR) is 136 cm³/mol. The number of hydrogen-bond acceptors (Lipinski definition) is 3. The van der Waals surface area contributed by atoms with Gasteiger partial charge in [0.2, 0.25) is 0 Å². The third kappa shape index (κ3) is 7.07. The molecule has 31 heavy (non-hydrogen) atoms. The van der Waals surface area contributed by atoms with Crippen LogP contribution in [0.4, 0.5) is 10.5 Å².